The Morgan fingerprint density at radius 3 is 2.50 bits per heavy atom. The Kier molecular flexibility index (Phi) is 5.75. The number of nitrogens with one attached hydrogen (secondary N) is 2. The predicted octanol–water partition coefficient (Wildman–Crippen LogP) is -0.159. The highest BCUT2D eigenvalue weighted by Crippen LogP contribution is 2.20. The molecule has 0 spiro atoms. The molecule has 0 bridgehead atoms. The quantitative estimate of drug-likeness (QED) is 0.498. The highest BCUT2D eigenvalue weighted by molar-refractivity contribution is 5.90. The first-order chi connectivity index (χ1) is 9.44. The Balaban J connectivity index is 2.59. The number of anilines is 1. The fraction of sp³-hybridized carbons (Fsp3) is 0.462. The molecule has 7 nitrogen and oxygen atoms in total. The number of rotatable bonds is 6. The molecule has 0 saturated carbocycles. The smallest absolute Gasteiger partial charge is 0.319 e. The highest BCUT2D eigenvalue weighted by atomic mass is 16.5. The zero-order valence-electron chi connectivity index (χ0n) is 11.5. The molecule has 0 saturated heterocycles. The first-order valence-corrected chi connectivity index (χ1v) is 6.07. The third kappa shape index (κ3) is 4.37. The molecule has 1 aromatic rings. The maximum atomic E-state index is 11.7. The van der Waals surface area contributed by atoms with Crippen LogP contribution in [0.2, 0.25) is 0 Å². The van der Waals surface area contributed by atoms with Crippen molar-refractivity contribution >= 4 is 11.7 Å². The van der Waals surface area contributed by atoms with Gasteiger partial charge in [0, 0.05) is 5.69 Å². The molecule has 0 aliphatic rings. The summed E-state index contributed by atoms with van der Waals surface area (Å²) in [7, 11) is 1.55. The molecule has 2 amide bonds. The van der Waals surface area contributed by atoms with E-state index in [-0.39, 0.29) is 6.54 Å². The lowest BCUT2D eigenvalue weighted by Gasteiger charge is -2.23. The van der Waals surface area contributed by atoms with Gasteiger partial charge in [-0.05, 0) is 30.7 Å². The van der Waals surface area contributed by atoms with Crippen molar-refractivity contribution < 1.29 is 24.9 Å². The van der Waals surface area contributed by atoms with Crippen LogP contribution in [0.15, 0.2) is 18.2 Å². The van der Waals surface area contributed by atoms with Gasteiger partial charge in [-0.3, -0.25) is 0 Å². The molecule has 1 rings (SSSR count). The summed E-state index contributed by atoms with van der Waals surface area (Å²) in [6, 6.07) is 4.63. The van der Waals surface area contributed by atoms with Crippen LogP contribution in [0.4, 0.5) is 10.5 Å². The van der Waals surface area contributed by atoms with Crippen LogP contribution in [0.25, 0.3) is 0 Å². The summed E-state index contributed by atoms with van der Waals surface area (Å²) in [6.07, 6.45) is 0. The van der Waals surface area contributed by atoms with Crippen molar-refractivity contribution in [2.24, 2.45) is 0 Å². The number of benzene rings is 1. The van der Waals surface area contributed by atoms with Gasteiger partial charge in [-0.25, -0.2) is 4.79 Å². The first-order valence-electron chi connectivity index (χ1n) is 6.07. The zero-order valence-corrected chi connectivity index (χ0v) is 11.5. The van der Waals surface area contributed by atoms with E-state index in [4.69, 9.17) is 14.9 Å². The molecular formula is C13H20N2O5. The second-order valence-corrected chi connectivity index (χ2v) is 4.53. The Morgan fingerprint density at radius 1 is 1.35 bits per heavy atom. The van der Waals surface area contributed by atoms with Gasteiger partial charge in [-0.2, -0.15) is 0 Å². The van der Waals surface area contributed by atoms with Gasteiger partial charge in [-0.1, -0.05) is 0 Å². The summed E-state index contributed by atoms with van der Waals surface area (Å²) in [4.78, 5) is 11.7. The molecule has 0 aliphatic heterocycles. The SMILES string of the molecule is COc1ccc(NC(=O)NCC(O)(CO)CO)c(C)c1. The summed E-state index contributed by atoms with van der Waals surface area (Å²) in [5.74, 6) is 0.684. The second-order valence-electron chi connectivity index (χ2n) is 4.53. The molecule has 0 atom stereocenters. The number of carbonyl (C=O) groups excluding carboxylic acids is 1. The topological polar surface area (TPSA) is 111 Å². The van der Waals surface area contributed by atoms with Crippen molar-refractivity contribution in [3.05, 3.63) is 23.8 Å². The van der Waals surface area contributed by atoms with E-state index in [1.165, 1.54) is 0 Å². The lowest BCUT2D eigenvalue weighted by atomic mass is 10.1. The van der Waals surface area contributed by atoms with E-state index in [1.54, 1.807) is 25.3 Å². The van der Waals surface area contributed by atoms with Crippen molar-refractivity contribution in [2.75, 3.05) is 32.2 Å². The van der Waals surface area contributed by atoms with E-state index in [0.717, 1.165) is 5.56 Å². The van der Waals surface area contributed by atoms with Crippen molar-refractivity contribution in [1.29, 1.82) is 0 Å². The van der Waals surface area contributed by atoms with Crippen molar-refractivity contribution in [3.8, 4) is 5.75 Å². The molecule has 20 heavy (non-hydrogen) atoms. The number of hydrogen-bond acceptors (Lipinski definition) is 5. The number of aliphatic hydroxyl groups is 3. The van der Waals surface area contributed by atoms with Gasteiger partial charge in [0.15, 0.2) is 0 Å². The molecule has 112 valence electrons. The van der Waals surface area contributed by atoms with Crippen LogP contribution >= 0.6 is 0 Å². The summed E-state index contributed by atoms with van der Waals surface area (Å²) >= 11 is 0. The van der Waals surface area contributed by atoms with Crippen LogP contribution in [0.1, 0.15) is 5.56 Å². The maximum Gasteiger partial charge on any atom is 0.319 e. The van der Waals surface area contributed by atoms with Crippen LogP contribution in [0.3, 0.4) is 0 Å². The fourth-order valence-corrected chi connectivity index (χ4v) is 1.48. The molecule has 1 aromatic carbocycles. The van der Waals surface area contributed by atoms with Gasteiger partial charge in [0.2, 0.25) is 0 Å². The van der Waals surface area contributed by atoms with Crippen molar-refractivity contribution in [1.82, 2.24) is 5.32 Å². The summed E-state index contributed by atoms with van der Waals surface area (Å²) in [6.45, 7) is 0.258. The molecule has 5 N–H and O–H groups in total. The normalized spacial score (nSPS) is 11.1. The summed E-state index contributed by atoms with van der Waals surface area (Å²) < 4.78 is 5.06. The maximum absolute atomic E-state index is 11.7. The van der Waals surface area contributed by atoms with Gasteiger partial charge in [0.05, 0.1) is 26.9 Å². The first kappa shape index (κ1) is 16.2. The Bertz CT molecular complexity index is 460. The summed E-state index contributed by atoms with van der Waals surface area (Å²) in [5.41, 5.74) is -0.314. The second kappa shape index (κ2) is 7.09. The monoisotopic (exact) mass is 284 g/mol. The molecular weight excluding hydrogens is 264 g/mol. The molecule has 0 unspecified atom stereocenters. The minimum atomic E-state index is -1.73. The molecule has 0 heterocycles. The number of carbonyl (C=O) groups is 1. The Labute approximate surface area is 117 Å². The van der Waals surface area contributed by atoms with E-state index in [2.05, 4.69) is 10.6 Å². The van der Waals surface area contributed by atoms with E-state index >= 15 is 0 Å². The van der Waals surface area contributed by atoms with Gasteiger partial charge >= 0.3 is 6.03 Å². The number of amides is 2. The fourth-order valence-electron chi connectivity index (χ4n) is 1.48. The Morgan fingerprint density at radius 2 is 2.00 bits per heavy atom. The van der Waals surface area contributed by atoms with Gasteiger partial charge < -0.3 is 30.7 Å². The lowest BCUT2D eigenvalue weighted by Crippen LogP contribution is -2.49. The van der Waals surface area contributed by atoms with E-state index in [1.807, 2.05) is 6.92 Å². The third-order valence-corrected chi connectivity index (χ3v) is 2.85. The van der Waals surface area contributed by atoms with Crippen LogP contribution < -0.4 is 15.4 Å². The van der Waals surface area contributed by atoms with Crippen LogP contribution in [0, 0.1) is 6.92 Å². The van der Waals surface area contributed by atoms with Crippen LogP contribution in [-0.4, -0.2) is 53.8 Å². The minimum absolute atomic E-state index is 0.263. The standard InChI is InChI=1S/C13H20N2O5/c1-9-5-10(20-2)3-4-11(9)15-12(18)14-6-13(19,7-16)8-17/h3-5,16-17,19H,6-8H2,1-2H3,(H2,14,15,18). The summed E-state index contributed by atoms with van der Waals surface area (Å²) in [5, 5.41) is 32.4. The lowest BCUT2D eigenvalue weighted by molar-refractivity contribution is -0.0507. The molecule has 0 aliphatic carbocycles. The van der Waals surface area contributed by atoms with Crippen molar-refractivity contribution in [2.45, 2.75) is 12.5 Å². The average molecular weight is 284 g/mol. The van der Waals surface area contributed by atoms with Gasteiger partial charge in [0.25, 0.3) is 0 Å². The van der Waals surface area contributed by atoms with E-state index in [9.17, 15) is 9.90 Å². The van der Waals surface area contributed by atoms with E-state index < -0.39 is 24.8 Å². The van der Waals surface area contributed by atoms with Crippen molar-refractivity contribution in [3.63, 3.8) is 0 Å². The van der Waals surface area contributed by atoms with Crippen LogP contribution in [-0.2, 0) is 0 Å². The molecule has 0 fully saturated rings. The molecule has 0 radical (unpaired) electrons. The molecule has 0 aromatic heterocycles. The number of ether oxygens (including phenoxy) is 1. The zero-order chi connectivity index (χ0) is 15.2. The van der Waals surface area contributed by atoms with E-state index in [0.29, 0.717) is 11.4 Å². The van der Waals surface area contributed by atoms with Gasteiger partial charge in [-0.15, -0.1) is 0 Å². The average Bonchev–Trinajstić information content (AvgIpc) is 2.47. The van der Waals surface area contributed by atoms with Gasteiger partial charge in [0.1, 0.15) is 11.4 Å². The Hall–Kier alpha value is -1.83. The number of hydrogen-bond donors (Lipinski definition) is 5. The molecule has 7 heteroatoms. The van der Waals surface area contributed by atoms with Crippen LogP contribution in [0.5, 0.6) is 5.75 Å². The largest absolute Gasteiger partial charge is 0.497 e. The third-order valence-electron chi connectivity index (χ3n) is 2.85. The number of aryl methyl sites for hydroxylation is 1. The number of urea groups is 1. The number of methoxy groups -OCH3 is 1. The predicted molar refractivity (Wildman–Crippen MR) is 73.9 cm³/mol. The number of aliphatic hydroxyl groups excluding tert-OH is 2. The highest BCUT2D eigenvalue weighted by Gasteiger charge is 2.25. The minimum Gasteiger partial charge on any atom is -0.497 e.